The molecule has 0 saturated carbocycles. The minimum Gasteiger partial charge on any atom is -0.508 e. The third-order valence-electron chi connectivity index (χ3n) is 3.48. The molecule has 0 saturated heterocycles. The molecular weight excluding hydrogens is 274 g/mol. The minimum absolute atomic E-state index is 0.162. The SMILES string of the molecule is CC(Nc1cnc(-c2ccc(O)cc2)cn1)c1ccccc1. The molecule has 2 aromatic carbocycles. The van der Waals surface area contributed by atoms with Crippen LogP contribution in [0.1, 0.15) is 18.5 Å². The van der Waals surface area contributed by atoms with Gasteiger partial charge in [-0.3, -0.25) is 4.98 Å². The second-order valence-electron chi connectivity index (χ2n) is 5.11. The highest BCUT2D eigenvalue weighted by Gasteiger charge is 2.06. The number of nitrogens with zero attached hydrogens (tertiary/aromatic N) is 2. The Hall–Kier alpha value is -2.88. The predicted octanol–water partition coefficient (Wildman–Crippen LogP) is 4.02. The summed E-state index contributed by atoms with van der Waals surface area (Å²) >= 11 is 0. The number of nitrogens with one attached hydrogen (secondary N) is 1. The normalized spacial score (nSPS) is 11.9. The lowest BCUT2D eigenvalue weighted by atomic mass is 10.1. The van der Waals surface area contributed by atoms with Gasteiger partial charge in [0.05, 0.1) is 18.1 Å². The van der Waals surface area contributed by atoms with E-state index < -0.39 is 0 Å². The van der Waals surface area contributed by atoms with Crippen molar-refractivity contribution in [3.63, 3.8) is 0 Å². The van der Waals surface area contributed by atoms with E-state index >= 15 is 0 Å². The molecular formula is C18H17N3O. The molecule has 3 aromatic rings. The predicted molar refractivity (Wildman–Crippen MR) is 87.6 cm³/mol. The van der Waals surface area contributed by atoms with E-state index in [4.69, 9.17) is 0 Å². The first-order valence-electron chi connectivity index (χ1n) is 7.15. The summed E-state index contributed by atoms with van der Waals surface area (Å²) < 4.78 is 0. The van der Waals surface area contributed by atoms with Crippen molar-refractivity contribution < 1.29 is 5.11 Å². The fourth-order valence-electron chi connectivity index (χ4n) is 2.23. The number of hydrogen-bond donors (Lipinski definition) is 2. The van der Waals surface area contributed by atoms with E-state index in [0.717, 1.165) is 17.1 Å². The molecule has 110 valence electrons. The second-order valence-corrected chi connectivity index (χ2v) is 5.11. The van der Waals surface area contributed by atoms with Crippen LogP contribution in [-0.4, -0.2) is 15.1 Å². The van der Waals surface area contributed by atoms with Crippen LogP contribution in [0, 0.1) is 0 Å². The Kier molecular flexibility index (Phi) is 4.01. The minimum atomic E-state index is 0.162. The molecule has 3 rings (SSSR count). The summed E-state index contributed by atoms with van der Waals surface area (Å²) in [5.74, 6) is 0.977. The number of benzene rings is 2. The van der Waals surface area contributed by atoms with Crippen molar-refractivity contribution in [1.29, 1.82) is 0 Å². The molecule has 1 unspecified atom stereocenters. The van der Waals surface area contributed by atoms with Crippen molar-refractivity contribution in [3.05, 3.63) is 72.6 Å². The topological polar surface area (TPSA) is 58.0 Å². The lowest BCUT2D eigenvalue weighted by Gasteiger charge is -2.14. The summed E-state index contributed by atoms with van der Waals surface area (Å²) in [6.45, 7) is 2.09. The van der Waals surface area contributed by atoms with Crippen LogP contribution in [0.2, 0.25) is 0 Å². The van der Waals surface area contributed by atoms with Gasteiger partial charge in [0.15, 0.2) is 0 Å². The van der Waals surface area contributed by atoms with Gasteiger partial charge in [0.2, 0.25) is 0 Å². The Labute approximate surface area is 129 Å². The number of anilines is 1. The van der Waals surface area contributed by atoms with Crippen molar-refractivity contribution in [3.8, 4) is 17.0 Å². The molecule has 0 bridgehead atoms. The van der Waals surface area contributed by atoms with E-state index in [1.54, 1.807) is 24.5 Å². The van der Waals surface area contributed by atoms with Gasteiger partial charge in [0, 0.05) is 11.6 Å². The largest absolute Gasteiger partial charge is 0.508 e. The van der Waals surface area contributed by atoms with Crippen LogP contribution in [0.5, 0.6) is 5.75 Å². The Morgan fingerprint density at radius 3 is 2.27 bits per heavy atom. The van der Waals surface area contributed by atoms with Crippen molar-refractivity contribution in [2.24, 2.45) is 0 Å². The summed E-state index contributed by atoms with van der Waals surface area (Å²) in [6.07, 6.45) is 3.45. The van der Waals surface area contributed by atoms with Crippen LogP contribution in [0.4, 0.5) is 5.82 Å². The number of phenols is 1. The molecule has 22 heavy (non-hydrogen) atoms. The third kappa shape index (κ3) is 3.23. The van der Waals surface area contributed by atoms with Crippen LogP contribution in [0.3, 0.4) is 0 Å². The molecule has 0 amide bonds. The first kappa shape index (κ1) is 14.1. The van der Waals surface area contributed by atoms with Gasteiger partial charge in [0.25, 0.3) is 0 Å². The Balaban J connectivity index is 1.73. The second kappa shape index (κ2) is 6.26. The summed E-state index contributed by atoms with van der Waals surface area (Å²) in [4.78, 5) is 8.83. The summed E-state index contributed by atoms with van der Waals surface area (Å²) in [7, 11) is 0. The zero-order chi connectivity index (χ0) is 15.4. The molecule has 1 heterocycles. The summed E-state index contributed by atoms with van der Waals surface area (Å²) in [5, 5.41) is 12.6. The lowest BCUT2D eigenvalue weighted by molar-refractivity contribution is 0.475. The van der Waals surface area contributed by atoms with Crippen LogP contribution in [-0.2, 0) is 0 Å². The molecule has 4 nitrogen and oxygen atoms in total. The monoisotopic (exact) mass is 291 g/mol. The van der Waals surface area contributed by atoms with E-state index in [2.05, 4.69) is 34.3 Å². The number of aromatic hydroxyl groups is 1. The maximum Gasteiger partial charge on any atom is 0.144 e. The number of phenolic OH excluding ortho intramolecular Hbond substituents is 1. The summed E-state index contributed by atoms with van der Waals surface area (Å²) in [5.41, 5.74) is 2.90. The van der Waals surface area contributed by atoms with Crippen LogP contribution in [0.25, 0.3) is 11.3 Å². The van der Waals surface area contributed by atoms with Crippen LogP contribution < -0.4 is 5.32 Å². The molecule has 0 fully saturated rings. The average Bonchev–Trinajstić information content (AvgIpc) is 2.57. The summed E-state index contributed by atoms with van der Waals surface area (Å²) in [6, 6.07) is 17.3. The third-order valence-corrected chi connectivity index (χ3v) is 3.48. The van der Waals surface area contributed by atoms with Crippen molar-refractivity contribution in [2.45, 2.75) is 13.0 Å². The first-order chi connectivity index (χ1) is 10.7. The van der Waals surface area contributed by atoms with Gasteiger partial charge in [-0.15, -0.1) is 0 Å². The highest BCUT2D eigenvalue weighted by Crippen LogP contribution is 2.21. The molecule has 0 aliphatic rings. The van der Waals surface area contributed by atoms with Crippen molar-refractivity contribution in [1.82, 2.24) is 9.97 Å². The molecule has 1 aromatic heterocycles. The molecule has 1 atom stereocenters. The number of rotatable bonds is 4. The standard InChI is InChI=1S/C18H17N3O/c1-13(14-5-3-2-4-6-14)21-18-12-19-17(11-20-18)15-7-9-16(22)10-8-15/h2-13,22H,1H3,(H,20,21). The van der Waals surface area contributed by atoms with Crippen molar-refractivity contribution in [2.75, 3.05) is 5.32 Å². The zero-order valence-electron chi connectivity index (χ0n) is 12.3. The van der Waals surface area contributed by atoms with E-state index in [9.17, 15) is 5.11 Å². The number of aromatic nitrogens is 2. The van der Waals surface area contributed by atoms with Crippen molar-refractivity contribution >= 4 is 5.82 Å². The Morgan fingerprint density at radius 1 is 0.909 bits per heavy atom. The highest BCUT2D eigenvalue weighted by molar-refractivity contribution is 5.59. The lowest BCUT2D eigenvalue weighted by Crippen LogP contribution is -2.08. The van der Waals surface area contributed by atoms with Gasteiger partial charge in [0.1, 0.15) is 11.6 Å². The van der Waals surface area contributed by atoms with Gasteiger partial charge in [-0.2, -0.15) is 0 Å². The average molecular weight is 291 g/mol. The highest BCUT2D eigenvalue weighted by atomic mass is 16.3. The van der Waals surface area contributed by atoms with Gasteiger partial charge < -0.3 is 10.4 Å². The number of hydrogen-bond acceptors (Lipinski definition) is 4. The molecule has 2 N–H and O–H groups in total. The zero-order valence-corrected chi connectivity index (χ0v) is 12.3. The fourth-order valence-corrected chi connectivity index (χ4v) is 2.23. The van der Waals surface area contributed by atoms with Gasteiger partial charge in [-0.05, 0) is 36.8 Å². The van der Waals surface area contributed by atoms with E-state index in [1.165, 1.54) is 5.56 Å². The molecule has 0 aliphatic carbocycles. The Bertz CT molecular complexity index is 725. The smallest absolute Gasteiger partial charge is 0.144 e. The molecule has 0 radical (unpaired) electrons. The van der Waals surface area contributed by atoms with Crippen LogP contribution in [0.15, 0.2) is 67.0 Å². The van der Waals surface area contributed by atoms with E-state index in [-0.39, 0.29) is 11.8 Å². The van der Waals surface area contributed by atoms with Gasteiger partial charge >= 0.3 is 0 Å². The van der Waals surface area contributed by atoms with Crippen LogP contribution >= 0.6 is 0 Å². The van der Waals surface area contributed by atoms with E-state index in [0.29, 0.717) is 0 Å². The van der Waals surface area contributed by atoms with Gasteiger partial charge in [-0.25, -0.2) is 4.98 Å². The fraction of sp³-hybridized carbons (Fsp3) is 0.111. The molecule has 0 aliphatic heterocycles. The quantitative estimate of drug-likeness (QED) is 0.762. The molecule has 4 heteroatoms. The maximum atomic E-state index is 9.31. The van der Waals surface area contributed by atoms with E-state index in [1.807, 2.05) is 30.3 Å². The Morgan fingerprint density at radius 2 is 1.64 bits per heavy atom. The van der Waals surface area contributed by atoms with Gasteiger partial charge in [-0.1, -0.05) is 30.3 Å². The first-order valence-corrected chi connectivity index (χ1v) is 7.15. The maximum absolute atomic E-state index is 9.31. The molecule has 0 spiro atoms.